The quantitative estimate of drug-likeness (QED) is 0.372. The number of ether oxygens (including phenoxy) is 2. The smallest absolute Gasteiger partial charge is 0.343 e. The number of nitrogens with one attached hydrogen (secondary N) is 2. The Balaban J connectivity index is 1.67. The number of rotatable bonds is 6. The van der Waals surface area contributed by atoms with Gasteiger partial charge >= 0.3 is 5.97 Å². The molecule has 2 N–H and O–H groups in total. The first kappa shape index (κ1) is 20.5. The number of imidazole rings is 1. The van der Waals surface area contributed by atoms with Gasteiger partial charge in [0.15, 0.2) is 11.6 Å². The number of carbonyl (C=O) groups excluding carboxylic acids is 1. The number of hydrogen-bond acceptors (Lipinski definition) is 7. The zero-order valence-electron chi connectivity index (χ0n) is 18.4. The van der Waals surface area contributed by atoms with Gasteiger partial charge in [0.2, 0.25) is 5.95 Å². The molecular formula is C24H22N6O3. The summed E-state index contributed by atoms with van der Waals surface area (Å²) in [5.74, 6) is 1.56. The standard InChI is InChI=1S/C24H22N6O3/c1-4-33-23(31)16-13-25-30(22(16)29-24-26-17-9-5-6-10-18(17)27-24)20-12-14(2)15-8-7-11-19(32-3)21(15)28-20/h5-13H,4H2,1-3H3,(H2,26,27,29). The summed E-state index contributed by atoms with van der Waals surface area (Å²) in [6.07, 6.45) is 1.46. The van der Waals surface area contributed by atoms with Crippen molar-refractivity contribution in [3.05, 3.63) is 65.9 Å². The monoisotopic (exact) mass is 442 g/mol. The lowest BCUT2D eigenvalue weighted by atomic mass is 10.1. The minimum absolute atomic E-state index is 0.249. The summed E-state index contributed by atoms with van der Waals surface area (Å²) in [6, 6.07) is 15.4. The zero-order valence-corrected chi connectivity index (χ0v) is 18.4. The van der Waals surface area contributed by atoms with Crippen LogP contribution in [0.1, 0.15) is 22.8 Å². The summed E-state index contributed by atoms with van der Waals surface area (Å²) in [5, 5.41) is 8.63. The summed E-state index contributed by atoms with van der Waals surface area (Å²) in [5.41, 5.74) is 3.65. The van der Waals surface area contributed by atoms with E-state index in [1.807, 2.05) is 55.5 Å². The summed E-state index contributed by atoms with van der Waals surface area (Å²) in [6.45, 7) is 4.00. The van der Waals surface area contributed by atoms with Crippen LogP contribution >= 0.6 is 0 Å². The molecular weight excluding hydrogens is 420 g/mol. The molecule has 0 spiro atoms. The van der Waals surface area contributed by atoms with E-state index >= 15 is 0 Å². The fourth-order valence-electron chi connectivity index (χ4n) is 3.77. The van der Waals surface area contributed by atoms with Crippen molar-refractivity contribution in [3.8, 4) is 11.6 Å². The molecule has 5 aromatic rings. The number of aryl methyl sites for hydroxylation is 1. The van der Waals surface area contributed by atoms with Gasteiger partial charge < -0.3 is 19.8 Å². The number of hydrogen-bond donors (Lipinski definition) is 2. The fourth-order valence-corrected chi connectivity index (χ4v) is 3.77. The molecule has 0 amide bonds. The van der Waals surface area contributed by atoms with Crippen molar-refractivity contribution >= 4 is 39.7 Å². The van der Waals surface area contributed by atoms with Gasteiger partial charge in [0.1, 0.15) is 16.8 Å². The van der Waals surface area contributed by atoms with Crippen molar-refractivity contribution in [1.82, 2.24) is 24.7 Å². The highest BCUT2D eigenvalue weighted by atomic mass is 16.5. The van der Waals surface area contributed by atoms with Crippen molar-refractivity contribution in [2.24, 2.45) is 0 Å². The third-order valence-electron chi connectivity index (χ3n) is 5.32. The Bertz CT molecular complexity index is 1450. The van der Waals surface area contributed by atoms with Crippen molar-refractivity contribution in [2.75, 3.05) is 19.0 Å². The van der Waals surface area contributed by atoms with E-state index in [9.17, 15) is 4.79 Å². The number of nitrogens with zero attached hydrogens (tertiary/aromatic N) is 4. The molecule has 0 aliphatic heterocycles. The minimum Gasteiger partial charge on any atom is -0.494 e. The third kappa shape index (κ3) is 3.63. The Kier molecular flexibility index (Phi) is 5.14. The van der Waals surface area contributed by atoms with Gasteiger partial charge in [-0.05, 0) is 43.7 Å². The molecule has 9 heteroatoms. The van der Waals surface area contributed by atoms with Crippen LogP contribution in [0.25, 0.3) is 27.8 Å². The summed E-state index contributed by atoms with van der Waals surface area (Å²) in [4.78, 5) is 25.2. The lowest BCUT2D eigenvalue weighted by molar-refractivity contribution is 0.0527. The molecule has 166 valence electrons. The van der Waals surface area contributed by atoms with Gasteiger partial charge in [0, 0.05) is 5.39 Å². The number of aromatic amines is 1. The number of aromatic nitrogens is 5. The molecule has 0 unspecified atom stereocenters. The number of anilines is 2. The summed E-state index contributed by atoms with van der Waals surface area (Å²) >= 11 is 0. The van der Waals surface area contributed by atoms with Crippen LogP contribution in [0, 0.1) is 6.92 Å². The van der Waals surface area contributed by atoms with E-state index in [1.54, 1.807) is 18.7 Å². The Morgan fingerprint density at radius 3 is 2.79 bits per heavy atom. The molecule has 3 aromatic heterocycles. The molecule has 33 heavy (non-hydrogen) atoms. The Hall–Kier alpha value is -4.40. The van der Waals surface area contributed by atoms with E-state index in [2.05, 4.69) is 20.4 Å². The van der Waals surface area contributed by atoms with Crippen LogP contribution in [0.5, 0.6) is 5.75 Å². The van der Waals surface area contributed by atoms with Crippen molar-refractivity contribution in [1.29, 1.82) is 0 Å². The number of para-hydroxylation sites is 3. The summed E-state index contributed by atoms with van der Waals surface area (Å²) < 4.78 is 12.3. The van der Waals surface area contributed by atoms with Crippen LogP contribution in [-0.4, -0.2) is 44.4 Å². The Morgan fingerprint density at radius 1 is 1.15 bits per heavy atom. The number of methoxy groups -OCH3 is 1. The number of pyridine rings is 1. The molecule has 0 atom stereocenters. The highest BCUT2D eigenvalue weighted by Gasteiger charge is 2.22. The number of benzene rings is 2. The van der Waals surface area contributed by atoms with E-state index in [4.69, 9.17) is 14.5 Å². The molecule has 0 saturated heterocycles. The van der Waals surface area contributed by atoms with E-state index in [-0.39, 0.29) is 12.2 Å². The molecule has 3 heterocycles. The minimum atomic E-state index is -0.488. The topological polar surface area (TPSA) is 107 Å². The highest BCUT2D eigenvalue weighted by Crippen LogP contribution is 2.30. The van der Waals surface area contributed by atoms with Crippen molar-refractivity contribution < 1.29 is 14.3 Å². The fraction of sp³-hybridized carbons (Fsp3) is 0.167. The van der Waals surface area contributed by atoms with Gasteiger partial charge in [-0.15, -0.1) is 0 Å². The van der Waals surface area contributed by atoms with Gasteiger partial charge in [0.05, 0.1) is 30.9 Å². The summed E-state index contributed by atoms with van der Waals surface area (Å²) in [7, 11) is 1.61. The molecule has 0 aliphatic rings. The number of esters is 1. The van der Waals surface area contributed by atoms with E-state index in [1.165, 1.54) is 6.20 Å². The average Bonchev–Trinajstić information content (AvgIpc) is 3.42. The number of fused-ring (bicyclic) bond motifs is 2. The Morgan fingerprint density at radius 2 is 2.00 bits per heavy atom. The number of H-pyrrole nitrogens is 1. The van der Waals surface area contributed by atoms with Gasteiger partial charge in [-0.3, -0.25) is 0 Å². The largest absolute Gasteiger partial charge is 0.494 e. The van der Waals surface area contributed by atoms with E-state index < -0.39 is 5.97 Å². The Labute approximate surface area is 189 Å². The van der Waals surface area contributed by atoms with E-state index in [0.29, 0.717) is 28.9 Å². The van der Waals surface area contributed by atoms with Crippen LogP contribution < -0.4 is 10.1 Å². The average molecular weight is 442 g/mol. The van der Waals surface area contributed by atoms with Crippen LogP contribution in [0.3, 0.4) is 0 Å². The van der Waals surface area contributed by atoms with Crippen LogP contribution in [0.4, 0.5) is 11.8 Å². The first-order valence-corrected chi connectivity index (χ1v) is 10.5. The maximum atomic E-state index is 12.7. The van der Waals surface area contributed by atoms with Gasteiger partial charge in [-0.2, -0.15) is 9.78 Å². The van der Waals surface area contributed by atoms with Crippen LogP contribution in [-0.2, 0) is 4.74 Å². The SMILES string of the molecule is CCOC(=O)c1cnn(-c2cc(C)c3cccc(OC)c3n2)c1Nc1nc2ccccc2[nH]1. The van der Waals surface area contributed by atoms with E-state index in [0.717, 1.165) is 22.0 Å². The second kappa shape index (κ2) is 8.27. The normalized spacial score (nSPS) is 11.1. The molecule has 0 fully saturated rings. The molecule has 5 rings (SSSR count). The lowest BCUT2D eigenvalue weighted by Gasteiger charge is -2.13. The molecule has 2 aromatic carbocycles. The first-order valence-electron chi connectivity index (χ1n) is 10.5. The van der Waals surface area contributed by atoms with Crippen molar-refractivity contribution in [2.45, 2.75) is 13.8 Å². The van der Waals surface area contributed by atoms with Crippen molar-refractivity contribution in [3.63, 3.8) is 0 Å². The second-order valence-electron chi connectivity index (χ2n) is 7.42. The maximum Gasteiger partial charge on any atom is 0.343 e. The number of carbonyl (C=O) groups is 1. The van der Waals surface area contributed by atoms with Gasteiger partial charge in [0.25, 0.3) is 0 Å². The predicted octanol–water partition coefficient (Wildman–Crippen LogP) is 4.53. The molecule has 0 saturated carbocycles. The second-order valence-corrected chi connectivity index (χ2v) is 7.42. The third-order valence-corrected chi connectivity index (χ3v) is 5.32. The lowest BCUT2D eigenvalue weighted by Crippen LogP contribution is -2.11. The van der Waals surface area contributed by atoms with Gasteiger partial charge in [-0.1, -0.05) is 24.3 Å². The maximum absolute atomic E-state index is 12.7. The molecule has 9 nitrogen and oxygen atoms in total. The van der Waals surface area contributed by atoms with Crippen LogP contribution in [0.2, 0.25) is 0 Å². The molecule has 0 bridgehead atoms. The zero-order chi connectivity index (χ0) is 22.9. The molecule has 0 aliphatic carbocycles. The van der Waals surface area contributed by atoms with Crippen LogP contribution in [0.15, 0.2) is 54.7 Å². The van der Waals surface area contributed by atoms with Gasteiger partial charge in [-0.25, -0.2) is 14.8 Å². The molecule has 0 radical (unpaired) electrons. The first-order chi connectivity index (χ1) is 16.1. The predicted molar refractivity (Wildman–Crippen MR) is 125 cm³/mol. The highest BCUT2D eigenvalue weighted by molar-refractivity contribution is 5.96.